The lowest BCUT2D eigenvalue weighted by Crippen LogP contribution is -2.33. The zero-order chi connectivity index (χ0) is 20.0. The Morgan fingerprint density at radius 2 is 2.04 bits per heavy atom. The molecule has 0 aromatic heterocycles. The van der Waals surface area contributed by atoms with Crippen molar-refractivity contribution in [2.75, 3.05) is 13.7 Å². The van der Waals surface area contributed by atoms with Crippen LogP contribution in [0.15, 0.2) is 35.4 Å². The second kappa shape index (κ2) is 8.58. The van der Waals surface area contributed by atoms with Crippen LogP contribution in [0.1, 0.15) is 12.0 Å². The normalized spacial score (nSPS) is 12.9. The first-order chi connectivity index (χ1) is 12.8. The average Bonchev–Trinajstić information content (AvgIpc) is 2.61. The summed E-state index contributed by atoms with van der Waals surface area (Å²) in [5, 5.41) is 13.6. The number of methoxy groups -OCH3 is 1. The lowest BCUT2D eigenvalue weighted by Gasteiger charge is -2.22. The molecular weight excluding hydrogens is 369 g/mol. The maximum absolute atomic E-state index is 12.5. The largest absolute Gasteiger partial charge is 0.493 e. The summed E-state index contributed by atoms with van der Waals surface area (Å²) in [6.07, 6.45) is -5.86. The molecule has 2 rings (SSSR count). The lowest BCUT2D eigenvalue weighted by atomic mass is 10.1. The molecule has 2 aromatic carbocycles. The van der Waals surface area contributed by atoms with E-state index in [1.54, 1.807) is 30.3 Å². The maximum Gasteiger partial charge on any atom is 0.491 e. The van der Waals surface area contributed by atoms with E-state index in [0.717, 1.165) is 0 Å². The molecule has 0 radical (unpaired) electrons. The molecule has 1 unspecified atom stereocenters. The zero-order valence-corrected chi connectivity index (χ0v) is 14.2. The number of hydrazone groups is 1. The third-order valence-electron chi connectivity index (χ3n) is 3.49. The number of alkyl halides is 3. The number of aliphatic hydroxyl groups is 1. The third kappa shape index (κ3) is 5.00. The van der Waals surface area contributed by atoms with Gasteiger partial charge in [-0.25, -0.2) is 4.79 Å². The second-order valence-electron chi connectivity index (χ2n) is 5.32. The molecule has 1 atom stereocenters. The van der Waals surface area contributed by atoms with Gasteiger partial charge in [-0.1, -0.05) is 18.2 Å². The molecule has 0 amide bonds. The molecule has 0 bridgehead atoms. The summed E-state index contributed by atoms with van der Waals surface area (Å²) in [5.74, 6) is 2.97. The van der Waals surface area contributed by atoms with E-state index in [0.29, 0.717) is 16.3 Å². The van der Waals surface area contributed by atoms with Crippen LogP contribution < -0.4 is 15.3 Å². The number of nitrogens with zero attached hydrogens (tertiary/aromatic N) is 1. The fraction of sp³-hybridized carbons (Fsp3) is 0.294. The van der Waals surface area contributed by atoms with E-state index in [2.05, 4.69) is 9.84 Å². The van der Waals surface area contributed by atoms with Crippen LogP contribution in [0.2, 0.25) is 0 Å². The van der Waals surface area contributed by atoms with E-state index < -0.39 is 25.0 Å². The number of nitrogens with two attached hydrogens (primary N) is 1. The number of carbonyl (C=O) groups excluding carboxylic acids is 1. The highest BCUT2D eigenvalue weighted by Crippen LogP contribution is 2.37. The van der Waals surface area contributed by atoms with E-state index in [-0.39, 0.29) is 17.9 Å². The van der Waals surface area contributed by atoms with Gasteiger partial charge in [0, 0.05) is 11.8 Å². The lowest BCUT2D eigenvalue weighted by molar-refractivity contribution is -0.217. The molecule has 0 aliphatic heterocycles. The van der Waals surface area contributed by atoms with E-state index >= 15 is 0 Å². The fourth-order valence-corrected chi connectivity index (χ4v) is 2.30. The Kier molecular flexibility index (Phi) is 6.45. The van der Waals surface area contributed by atoms with Crippen LogP contribution in [-0.4, -0.2) is 43.5 Å². The molecule has 0 spiro atoms. The number of hydrogen-bond donors (Lipinski definition) is 2. The Morgan fingerprint density at radius 1 is 1.33 bits per heavy atom. The van der Waals surface area contributed by atoms with E-state index in [4.69, 9.17) is 20.4 Å². The Hall–Kier alpha value is -3.01. The minimum Gasteiger partial charge on any atom is -0.493 e. The third-order valence-corrected chi connectivity index (χ3v) is 3.49. The molecule has 3 N–H and O–H groups in total. The van der Waals surface area contributed by atoms with Gasteiger partial charge in [0.2, 0.25) is 6.29 Å². The Labute approximate surface area is 152 Å². The second-order valence-corrected chi connectivity index (χ2v) is 5.32. The molecule has 0 saturated heterocycles. The number of benzene rings is 2. The van der Waals surface area contributed by atoms with Gasteiger partial charge in [0.05, 0.1) is 19.9 Å². The van der Waals surface area contributed by atoms with Gasteiger partial charge in [0.25, 0.3) is 0 Å². The SMILES string of the molecule is COc1ccc2ccc(/C=N/N)cc2c1OC(CCO)OC(=O)C(F)(F)F. The quantitative estimate of drug-likeness (QED) is 0.249. The summed E-state index contributed by atoms with van der Waals surface area (Å²) in [6, 6.07) is 8.35. The Morgan fingerprint density at radius 3 is 2.63 bits per heavy atom. The summed E-state index contributed by atoms with van der Waals surface area (Å²) < 4.78 is 52.5. The van der Waals surface area contributed by atoms with Gasteiger partial charge in [-0.3, -0.25) is 0 Å². The number of ether oxygens (including phenoxy) is 3. The molecule has 0 heterocycles. The van der Waals surface area contributed by atoms with Crippen molar-refractivity contribution < 1.29 is 37.3 Å². The predicted octanol–water partition coefficient (Wildman–Crippen LogP) is 2.33. The Balaban J connectivity index is 2.46. The molecule has 0 aliphatic carbocycles. The number of aliphatic hydroxyl groups excluding tert-OH is 1. The van der Waals surface area contributed by atoms with Gasteiger partial charge in [-0.15, -0.1) is 0 Å². The molecule has 27 heavy (non-hydrogen) atoms. The molecule has 146 valence electrons. The van der Waals surface area contributed by atoms with Crippen LogP contribution >= 0.6 is 0 Å². The summed E-state index contributed by atoms with van der Waals surface area (Å²) in [5.41, 5.74) is 0.606. The average molecular weight is 386 g/mol. The van der Waals surface area contributed by atoms with Gasteiger partial charge >= 0.3 is 12.1 Å². The van der Waals surface area contributed by atoms with Crippen molar-refractivity contribution in [3.63, 3.8) is 0 Å². The van der Waals surface area contributed by atoms with Crippen molar-refractivity contribution in [3.05, 3.63) is 35.9 Å². The number of esters is 1. The van der Waals surface area contributed by atoms with Crippen molar-refractivity contribution in [1.82, 2.24) is 0 Å². The van der Waals surface area contributed by atoms with Crippen LogP contribution in [-0.2, 0) is 9.53 Å². The minimum atomic E-state index is -5.19. The first-order valence-electron chi connectivity index (χ1n) is 7.69. The van der Waals surface area contributed by atoms with Gasteiger partial charge < -0.3 is 25.2 Å². The standard InChI is InChI=1S/C17H17F3N2O5/c1-25-13-5-4-11-3-2-10(9-22-21)8-12(11)15(13)26-14(6-7-23)27-16(24)17(18,19)20/h2-5,8-9,14,23H,6-7,21H2,1H3/b22-9+. The van der Waals surface area contributed by atoms with Crippen molar-refractivity contribution >= 4 is 23.0 Å². The van der Waals surface area contributed by atoms with Gasteiger partial charge in [-0.05, 0) is 23.1 Å². The van der Waals surface area contributed by atoms with Crippen LogP contribution in [0.4, 0.5) is 13.2 Å². The Bertz CT molecular complexity index is 839. The van der Waals surface area contributed by atoms with Crippen LogP contribution in [0.25, 0.3) is 10.8 Å². The van der Waals surface area contributed by atoms with Crippen LogP contribution in [0.3, 0.4) is 0 Å². The summed E-state index contributed by atoms with van der Waals surface area (Å²) >= 11 is 0. The monoisotopic (exact) mass is 386 g/mol. The summed E-state index contributed by atoms with van der Waals surface area (Å²) in [6.45, 7) is -0.562. The summed E-state index contributed by atoms with van der Waals surface area (Å²) in [7, 11) is 1.35. The number of halogens is 3. The fourth-order valence-electron chi connectivity index (χ4n) is 2.30. The predicted molar refractivity (Wildman–Crippen MR) is 90.5 cm³/mol. The molecule has 7 nitrogen and oxygen atoms in total. The van der Waals surface area contributed by atoms with Crippen LogP contribution in [0, 0.1) is 0 Å². The topological polar surface area (TPSA) is 103 Å². The molecule has 2 aromatic rings. The molecule has 0 fully saturated rings. The first kappa shape index (κ1) is 20.3. The minimum absolute atomic E-state index is 0.0516. The van der Waals surface area contributed by atoms with Crippen molar-refractivity contribution in [3.8, 4) is 11.5 Å². The van der Waals surface area contributed by atoms with Crippen LogP contribution in [0.5, 0.6) is 11.5 Å². The van der Waals surface area contributed by atoms with E-state index in [9.17, 15) is 18.0 Å². The zero-order valence-electron chi connectivity index (χ0n) is 14.2. The van der Waals surface area contributed by atoms with Crippen molar-refractivity contribution in [1.29, 1.82) is 0 Å². The molecular formula is C17H17F3N2O5. The first-order valence-corrected chi connectivity index (χ1v) is 7.69. The highest BCUT2D eigenvalue weighted by Gasteiger charge is 2.42. The van der Waals surface area contributed by atoms with Gasteiger partial charge in [0.15, 0.2) is 11.5 Å². The number of hydrogen-bond acceptors (Lipinski definition) is 7. The number of carbonyl (C=O) groups is 1. The van der Waals surface area contributed by atoms with Crippen molar-refractivity contribution in [2.24, 2.45) is 10.9 Å². The van der Waals surface area contributed by atoms with Crippen molar-refractivity contribution in [2.45, 2.75) is 18.9 Å². The van der Waals surface area contributed by atoms with Gasteiger partial charge in [-0.2, -0.15) is 18.3 Å². The van der Waals surface area contributed by atoms with E-state index in [1.807, 2.05) is 0 Å². The maximum atomic E-state index is 12.5. The highest BCUT2D eigenvalue weighted by atomic mass is 19.4. The molecule has 0 saturated carbocycles. The van der Waals surface area contributed by atoms with E-state index in [1.165, 1.54) is 13.3 Å². The number of fused-ring (bicyclic) bond motifs is 1. The molecule has 10 heteroatoms. The number of rotatable bonds is 7. The molecule has 0 aliphatic rings. The smallest absolute Gasteiger partial charge is 0.491 e. The highest BCUT2D eigenvalue weighted by molar-refractivity contribution is 5.95. The summed E-state index contributed by atoms with van der Waals surface area (Å²) in [4.78, 5) is 11.1. The van der Waals surface area contributed by atoms with Gasteiger partial charge in [0.1, 0.15) is 0 Å².